The molecule has 0 unspecified atom stereocenters. The van der Waals surface area contributed by atoms with Crippen LogP contribution < -0.4 is 5.73 Å². The molecule has 11 heavy (non-hydrogen) atoms. The lowest BCUT2D eigenvalue weighted by Gasteiger charge is -1.83. The largest absolute Gasteiger partial charge is 0.399 e. The number of nitrogen functional groups attached to an aromatic ring is 1. The summed E-state index contributed by atoms with van der Waals surface area (Å²) in [5.41, 5.74) is 6.18. The zero-order chi connectivity index (χ0) is 8.69. The number of nitrogens with zero attached hydrogens (tertiary/aromatic N) is 1. The third-order valence-electron chi connectivity index (χ3n) is 0.800. The second-order valence-electron chi connectivity index (χ2n) is 1.65. The number of hydrogen-bond donors (Lipinski definition) is 2. The Balaban J connectivity index is 0.000000218. The Morgan fingerprint density at radius 2 is 1.73 bits per heavy atom. The van der Waals surface area contributed by atoms with Gasteiger partial charge < -0.3 is 10.9 Å². The number of benzene rings is 1. The molecule has 0 heterocycles. The smallest absolute Gasteiger partial charge is 0.291 e. The van der Waals surface area contributed by atoms with Gasteiger partial charge in [0.05, 0.1) is 0 Å². The highest BCUT2D eigenvalue weighted by Crippen LogP contribution is 1.95. The van der Waals surface area contributed by atoms with Crippen molar-refractivity contribution in [1.29, 1.82) is 0 Å². The SMILES string of the molecule is Nc1ccccc1.O=[N+]([O-])O. The number of para-hydroxylation sites is 1. The first kappa shape index (κ1) is 9.22. The summed E-state index contributed by atoms with van der Waals surface area (Å²) in [5, 5.41) is 13.6. The average molecular weight is 156 g/mol. The highest BCUT2D eigenvalue weighted by atomic mass is 16.9. The van der Waals surface area contributed by atoms with E-state index in [9.17, 15) is 0 Å². The molecule has 1 aromatic rings. The van der Waals surface area contributed by atoms with Crippen LogP contribution in [0.4, 0.5) is 5.69 Å². The van der Waals surface area contributed by atoms with E-state index in [1.165, 1.54) is 0 Å². The van der Waals surface area contributed by atoms with Gasteiger partial charge in [0, 0.05) is 5.69 Å². The molecule has 0 atom stereocenters. The predicted octanol–water partition coefficient (Wildman–Crippen LogP) is 0.921. The molecule has 0 aliphatic carbocycles. The van der Waals surface area contributed by atoms with Gasteiger partial charge in [-0.3, -0.25) is 0 Å². The maximum Gasteiger partial charge on any atom is 0.291 e. The van der Waals surface area contributed by atoms with E-state index in [2.05, 4.69) is 0 Å². The van der Waals surface area contributed by atoms with Crippen LogP contribution >= 0.6 is 0 Å². The molecule has 3 N–H and O–H groups in total. The van der Waals surface area contributed by atoms with Crippen LogP contribution in [0.2, 0.25) is 0 Å². The normalized spacial score (nSPS) is 7.64. The second kappa shape index (κ2) is 5.04. The third kappa shape index (κ3) is 8.22. The maximum absolute atomic E-state index is 8.36. The van der Waals surface area contributed by atoms with Crippen LogP contribution in [-0.4, -0.2) is 10.3 Å². The summed E-state index contributed by atoms with van der Waals surface area (Å²) in [6.07, 6.45) is 0. The van der Waals surface area contributed by atoms with Crippen LogP contribution in [0.3, 0.4) is 0 Å². The molecule has 5 nitrogen and oxygen atoms in total. The van der Waals surface area contributed by atoms with E-state index < -0.39 is 5.09 Å². The summed E-state index contributed by atoms with van der Waals surface area (Å²) < 4.78 is 0. The maximum atomic E-state index is 8.36. The molecule has 0 fully saturated rings. The van der Waals surface area contributed by atoms with Gasteiger partial charge in [0.2, 0.25) is 0 Å². The van der Waals surface area contributed by atoms with E-state index in [0.717, 1.165) is 5.69 Å². The topological polar surface area (TPSA) is 89.4 Å². The van der Waals surface area contributed by atoms with Crippen molar-refractivity contribution in [2.24, 2.45) is 0 Å². The molecule has 0 aliphatic rings. The van der Waals surface area contributed by atoms with Crippen LogP contribution in [0.25, 0.3) is 0 Å². The van der Waals surface area contributed by atoms with Gasteiger partial charge >= 0.3 is 0 Å². The Labute approximate surface area is 63.2 Å². The quantitative estimate of drug-likeness (QED) is 0.332. The number of hydrogen-bond acceptors (Lipinski definition) is 3. The van der Waals surface area contributed by atoms with Crippen molar-refractivity contribution in [3.8, 4) is 0 Å². The van der Waals surface area contributed by atoms with Crippen molar-refractivity contribution in [2.45, 2.75) is 0 Å². The molecule has 0 saturated heterocycles. The Bertz CT molecular complexity index is 208. The van der Waals surface area contributed by atoms with Gasteiger partial charge in [-0.25, -0.2) is 0 Å². The average Bonchev–Trinajstić information content (AvgIpc) is 1.87. The molecule has 0 radical (unpaired) electrons. The van der Waals surface area contributed by atoms with Crippen molar-refractivity contribution in [3.05, 3.63) is 40.4 Å². The molecule has 0 aliphatic heterocycles. The summed E-state index contributed by atoms with van der Waals surface area (Å²) in [7, 11) is 0. The molecule has 0 amide bonds. The van der Waals surface area contributed by atoms with E-state index in [1.54, 1.807) is 0 Å². The Hall–Kier alpha value is -1.78. The summed E-state index contributed by atoms with van der Waals surface area (Å²) in [5.74, 6) is 0. The monoisotopic (exact) mass is 156 g/mol. The summed E-state index contributed by atoms with van der Waals surface area (Å²) >= 11 is 0. The minimum absolute atomic E-state index is 0.822. The fraction of sp³-hybridized carbons (Fsp3) is 0. The highest BCUT2D eigenvalue weighted by molar-refractivity contribution is 5.35. The van der Waals surface area contributed by atoms with Crippen LogP contribution in [0, 0.1) is 10.1 Å². The van der Waals surface area contributed by atoms with Crippen LogP contribution in [0.1, 0.15) is 0 Å². The summed E-state index contributed by atoms with van der Waals surface area (Å²) in [6, 6.07) is 9.49. The number of anilines is 1. The first-order valence-corrected chi connectivity index (χ1v) is 2.76. The molecule has 1 rings (SSSR count). The zero-order valence-electron chi connectivity index (χ0n) is 5.68. The summed E-state index contributed by atoms with van der Waals surface area (Å²) in [6.45, 7) is 0. The fourth-order valence-corrected chi connectivity index (χ4v) is 0.453. The molecule has 0 saturated carbocycles. The van der Waals surface area contributed by atoms with E-state index in [4.69, 9.17) is 21.1 Å². The van der Waals surface area contributed by atoms with Crippen molar-refractivity contribution in [3.63, 3.8) is 0 Å². The van der Waals surface area contributed by atoms with Gasteiger partial charge in [0.1, 0.15) is 0 Å². The van der Waals surface area contributed by atoms with Crippen molar-refractivity contribution in [2.75, 3.05) is 5.73 Å². The first-order valence-electron chi connectivity index (χ1n) is 2.76. The molecular formula is C6H8N2O3. The van der Waals surface area contributed by atoms with E-state index in [-0.39, 0.29) is 0 Å². The third-order valence-corrected chi connectivity index (χ3v) is 0.800. The van der Waals surface area contributed by atoms with E-state index >= 15 is 0 Å². The minimum atomic E-state index is -1.50. The Morgan fingerprint density at radius 3 is 1.91 bits per heavy atom. The Morgan fingerprint density at radius 1 is 1.36 bits per heavy atom. The second-order valence-corrected chi connectivity index (χ2v) is 1.65. The molecular weight excluding hydrogens is 148 g/mol. The molecule has 5 heteroatoms. The van der Waals surface area contributed by atoms with Crippen LogP contribution in [0.5, 0.6) is 0 Å². The number of rotatable bonds is 0. The molecule has 1 aromatic carbocycles. The molecule has 0 spiro atoms. The van der Waals surface area contributed by atoms with Crippen molar-refractivity contribution in [1.82, 2.24) is 0 Å². The van der Waals surface area contributed by atoms with Gasteiger partial charge in [-0.15, -0.1) is 10.1 Å². The summed E-state index contributed by atoms with van der Waals surface area (Å²) in [4.78, 5) is 8.36. The standard InChI is InChI=1S/C6H7N.HNO3/c7-6-4-2-1-3-5-6;2-1(3)4/h1-5H,7H2;(H,2,3,4). The minimum Gasteiger partial charge on any atom is -0.399 e. The Kier molecular flexibility index (Phi) is 4.22. The predicted molar refractivity (Wildman–Crippen MR) is 39.6 cm³/mol. The van der Waals surface area contributed by atoms with Gasteiger partial charge in [0.15, 0.2) is 0 Å². The zero-order valence-corrected chi connectivity index (χ0v) is 5.68. The van der Waals surface area contributed by atoms with E-state index in [1.807, 2.05) is 30.3 Å². The van der Waals surface area contributed by atoms with Gasteiger partial charge in [-0.1, -0.05) is 18.2 Å². The lowest BCUT2D eigenvalue weighted by molar-refractivity contribution is -0.742. The molecule has 0 bridgehead atoms. The van der Waals surface area contributed by atoms with Gasteiger partial charge in [0.25, 0.3) is 5.09 Å². The van der Waals surface area contributed by atoms with Crippen molar-refractivity contribution < 1.29 is 10.3 Å². The first-order chi connectivity index (χ1) is 5.13. The molecule has 60 valence electrons. The lowest BCUT2D eigenvalue weighted by atomic mass is 10.3. The molecule has 0 aromatic heterocycles. The number of nitrogens with two attached hydrogens (primary N) is 1. The van der Waals surface area contributed by atoms with E-state index in [0.29, 0.717) is 0 Å². The van der Waals surface area contributed by atoms with Gasteiger partial charge in [-0.05, 0) is 12.1 Å². The van der Waals surface area contributed by atoms with Gasteiger partial charge in [-0.2, -0.15) is 0 Å². The van der Waals surface area contributed by atoms with Crippen LogP contribution in [0.15, 0.2) is 30.3 Å². The fourth-order valence-electron chi connectivity index (χ4n) is 0.453. The van der Waals surface area contributed by atoms with Crippen molar-refractivity contribution >= 4 is 5.69 Å². The lowest BCUT2D eigenvalue weighted by Crippen LogP contribution is -1.81. The van der Waals surface area contributed by atoms with Crippen LogP contribution in [-0.2, 0) is 0 Å². The highest BCUT2D eigenvalue weighted by Gasteiger charge is 1.72.